The topological polar surface area (TPSA) is 66.7 Å². The maximum absolute atomic E-state index is 13.1. The zero-order valence-corrected chi connectivity index (χ0v) is 16.3. The highest BCUT2D eigenvalue weighted by Gasteiger charge is 2.41. The second kappa shape index (κ2) is 6.30. The van der Waals surface area contributed by atoms with Crippen LogP contribution >= 0.6 is 23.1 Å². The van der Waals surface area contributed by atoms with Gasteiger partial charge in [0.2, 0.25) is 5.91 Å². The number of thioether (sulfide) groups is 1. The number of aryl methyl sites for hydroxylation is 1. The Morgan fingerprint density at radius 2 is 2.11 bits per heavy atom. The normalized spacial score (nSPS) is 20.9. The van der Waals surface area contributed by atoms with Crippen LogP contribution in [-0.4, -0.2) is 33.6 Å². The van der Waals surface area contributed by atoms with Crippen LogP contribution in [0.5, 0.6) is 0 Å². The number of aromatic nitrogens is 1. The first-order valence-electron chi connectivity index (χ1n) is 8.27. The molecule has 0 aliphatic carbocycles. The highest BCUT2D eigenvalue weighted by atomic mass is 32.2. The van der Waals surface area contributed by atoms with Crippen molar-refractivity contribution in [1.82, 2.24) is 4.98 Å². The summed E-state index contributed by atoms with van der Waals surface area (Å²) in [6.07, 6.45) is -4.52. The van der Waals surface area contributed by atoms with E-state index in [-0.39, 0.29) is 10.7 Å². The molecular weight excluding hydrogens is 397 g/mol. The minimum absolute atomic E-state index is 0.236. The Hall–Kier alpha value is -1.94. The van der Waals surface area contributed by atoms with Gasteiger partial charge in [-0.15, -0.1) is 11.3 Å². The lowest BCUT2D eigenvalue weighted by molar-refractivity contribution is -0.141. The SMILES string of the molecule is Cc1cc(C(F)(F)F)nc2sc3c(c12)NC(=O)C1SC(=NCC(C)C)N=C31. The fourth-order valence-electron chi connectivity index (χ4n) is 2.95. The molecule has 5 nitrogen and oxygen atoms in total. The molecule has 1 N–H and O–H groups in total. The predicted octanol–water partition coefficient (Wildman–Crippen LogP) is 4.49. The van der Waals surface area contributed by atoms with E-state index in [2.05, 4.69) is 20.3 Å². The number of nitrogens with zero attached hydrogens (tertiary/aromatic N) is 3. The van der Waals surface area contributed by atoms with Crippen molar-refractivity contribution in [2.75, 3.05) is 11.9 Å². The summed E-state index contributed by atoms with van der Waals surface area (Å²) in [6.45, 7) is 6.26. The Balaban J connectivity index is 1.86. The molecule has 0 fully saturated rings. The minimum atomic E-state index is -4.52. The third-order valence-corrected chi connectivity index (χ3v) is 6.36. The number of pyridine rings is 1. The van der Waals surface area contributed by atoms with E-state index in [1.165, 1.54) is 11.8 Å². The van der Waals surface area contributed by atoms with Crippen LogP contribution in [0.3, 0.4) is 0 Å². The molecule has 0 bridgehead atoms. The number of thiophene rings is 1. The fraction of sp³-hybridized carbons (Fsp3) is 0.412. The maximum Gasteiger partial charge on any atom is 0.433 e. The highest BCUT2D eigenvalue weighted by Crippen LogP contribution is 2.45. The van der Waals surface area contributed by atoms with Crippen molar-refractivity contribution >= 4 is 55.8 Å². The summed E-state index contributed by atoms with van der Waals surface area (Å²) in [4.78, 5) is 26.1. The molecule has 2 aromatic heterocycles. The van der Waals surface area contributed by atoms with E-state index < -0.39 is 17.1 Å². The van der Waals surface area contributed by atoms with E-state index in [1.807, 2.05) is 13.8 Å². The number of nitrogens with one attached hydrogen (secondary N) is 1. The first-order valence-corrected chi connectivity index (χ1v) is 9.97. The Morgan fingerprint density at radius 1 is 1.37 bits per heavy atom. The molecule has 2 aromatic rings. The molecule has 27 heavy (non-hydrogen) atoms. The van der Waals surface area contributed by atoms with Crippen LogP contribution in [0.2, 0.25) is 0 Å². The van der Waals surface area contributed by atoms with Gasteiger partial charge in [0.15, 0.2) is 5.17 Å². The molecule has 4 heterocycles. The number of amidine groups is 1. The molecule has 2 aliphatic heterocycles. The number of amides is 1. The van der Waals surface area contributed by atoms with E-state index in [9.17, 15) is 18.0 Å². The van der Waals surface area contributed by atoms with Gasteiger partial charge in [0, 0.05) is 11.9 Å². The number of halogens is 3. The van der Waals surface area contributed by atoms with Crippen LogP contribution in [0.1, 0.15) is 30.0 Å². The minimum Gasteiger partial charge on any atom is -0.323 e. The van der Waals surface area contributed by atoms with E-state index in [4.69, 9.17) is 0 Å². The summed E-state index contributed by atoms with van der Waals surface area (Å²) in [5.74, 6) is 0.127. The largest absolute Gasteiger partial charge is 0.433 e. The van der Waals surface area contributed by atoms with Crippen LogP contribution in [-0.2, 0) is 11.0 Å². The second-order valence-electron chi connectivity index (χ2n) is 6.81. The number of carbonyl (C=O) groups excluding carboxylic acids is 1. The third kappa shape index (κ3) is 3.14. The second-order valence-corrected chi connectivity index (χ2v) is 8.88. The summed E-state index contributed by atoms with van der Waals surface area (Å²) < 4.78 is 39.3. The van der Waals surface area contributed by atoms with Crippen LogP contribution in [0.25, 0.3) is 10.2 Å². The first-order chi connectivity index (χ1) is 12.6. The number of rotatable bonds is 2. The van der Waals surface area contributed by atoms with E-state index >= 15 is 0 Å². The lowest BCUT2D eigenvalue weighted by Crippen LogP contribution is -2.35. The monoisotopic (exact) mass is 412 g/mol. The average molecular weight is 412 g/mol. The van der Waals surface area contributed by atoms with Crippen LogP contribution in [0.15, 0.2) is 16.1 Å². The Bertz CT molecular complexity index is 1020. The Labute approximate surface area is 161 Å². The molecular formula is C17H15F3N4OS2. The fourth-order valence-corrected chi connectivity index (χ4v) is 5.21. The van der Waals surface area contributed by atoms with Crippen molar-refractivity contribution < 1.29 is 18.0 Å². The van der Waals surface area contributed by atoms with Crippen molar-refractivity contribution in [2.24, 2.45) is 15.9 Å². The number of carbonyl (C=O) groups is 1. The van der Waals surface area contributed by atoms with Gasteiger partial charge in [0.25, 0.3) is 0 Å². The van der Waals surface area contributed by atoms with Gasteiger partial charge in [0.05, 0.1) is 16.3 Å². The smallest absolute Gasteiger partial charge is 0.323 e. The van der Waals surface area contributed by atoms with Crippen LogP contribution < -0.4 is 5.32 Å². The molecule has 142 valence electrons. The van der Waals surface area contributed by atoms with Crippen molar-refractivity contribution in [1.29, 1.82) is 0 Å². The van der Waals surface area contributed by atoms with Crippen molar-refractivity contribution in [3.05, 3.63) is 22.2 Å². The molecule has 1 atom stereocenters. The Kier molecular flexibility index (Phi) is 4.30. The first kappa shape index (κ1) is 18.4. The highest BCUT2D eigenvalue weighted by molar-refractivity contribution is 8.16. The van der Waals surface area contributed by atoms with Gasteiger partial charge < -0.3 is 5.32 Å². The maximum atomic E-state index is 13.1. The molecule has 1 unspecified atom stereocenters. The van der Waals surface area contributed by atoms with Gasteiger partial charge >= 0.3 is 6.18 Å². The lowest BCUT2D eigenvalue weighted by Gasteiger charge is -2.19. The quantitative estimate of drug-likeness (QED) is 0.790. The van der Waals surface area contributed by atoms with Gasteiger partial charge in [0.1, 0.15) is 15.8 Å². The van der Waals surface area contributed by atoms with Gasteiger partial charge in [-0.1, -0.05) is 25.6 Å². The van der Waals surface area contributed by atoms with E-state index in [1.54, 1.807) is 6.92 Å². The zero-order chi connectivity index (χ0) is 19.5. The number of alkyl halides is 3. The van der Waals surface area contributed by atoms with Crippen molar-refractivity contribution in [3.63, 3.8) is 0 Å². The molecule has 0 saturated heterocycles. The standard InChI is InChI=1S/C17H15F3N4OS2/c1-6(2)5-21-16-24-11-12-10(23-14(25)13(11)27-16)9-7(3)4-8(17(18,19)20)22-15(9)26-12/h4,6,13H,5H2,1-3H3,(H,23,25). The summed E-state index contributed by atoms with van der Waals surface area (Å²) in [6, 6.07) is 1.01. The van der Waals surface area contributed by atoms with Crippen molar-refractivity contribution in [3.8, 4) is 0 Å². The summed E-state index contributed by atoms with van der Waals surface area (Å²) >= 11 is 2.39. The van der Waals surface area contributed by atoms with E-state index in [0.29, 0.717) is 44.9 Å². The van der Waals surface area contributed by atoms with Crippen LogP contribution in [0, 0.1) is 12.8 Å². The predicted molar refractivity (Wildman–Crippen MR) is 103 cm³/mol. The molecule has 0 saturated carbocycles. The number of hydrogen-bond acceptors (Lipinski definition) is 5. The molecule has 4 rings (SSSR count). The third-order valence-electron chi connectivity index (χ3n) is 4.15. The molecule has 1 amide bonds. The number of fused-ring (bicyclic) bond motifs is 5. The molecule has 0 radical (unpaired) electrons. The number of aliphatic imine (C=N–C) groups is 2. The van der Waals surface area contributed by atoms with Gasteiger partial charge in [-0.2, -0.15) is 13.2 Å². The molecule has 2 aliphatic rings. The zero-order valence-electron chi connectivity index (χ0n) is 14.6. The van der Waals surface area contributed by atoms with Gasteiger partial charge in [-0.05, 0) is 24.5 Å². The molecule has 0 spiro atoms. The summed E-state index contributed by atoms with van der Waals surface area (Å²) in [5.41, 5.74) is 0.538. The molecule has 10 heteroatoms. The number of anilines is 1. The Morgan fingerprint density at radius 3 is 2.78 bits per heavy atom. The van der Waals surface area contributed by atoms with Crippen LogP contribution in [0.4, 0.5) is 18.9 Å². The average Bonchev–Trinajstić information content (AvgIpc) is 3.14. The lowest BCUT2D eigenvalue weighted by atomic mass is 10.0. The van der Waals surface area contributed by atoms with E-state index in [0.717, 1.165) is 17.4 Å². The van der Waals surface area contributed by atoms with Crippen molar-refractivity contribution in [2.45, 2.75) is 32.2 Å². The summed E-state index contributed by atoms with van der Waals surface area (Å²) in [5, 5.41) is 3.37. The van der Waals surface area contributed by atoms with Gasteiger partial charge in [-0.25, -0.2) is 9.98 Å². The molecule has 0 aromatic carbocycles. The number of hydrogen-bond donors (Lipinski definition) is 1. The van der Waals surface area contributed by atoms with Gasteiger partial charge in [-0.3, -0.25) is 9.79 Å². The summed E-state index contributed by atoms with van der Waals surface area (Å²) in [7, 11) is 0.